The average molecular weight is 243 g/mol. The van der Waals surface area contributed by atoms with Crippen molar-refractivity contribution in [1.29, 1.82) is 0 Å². The molecule has 0 aliphatic rings. The lowest BCUT2D eigenvalue weighted by Gasteiger charge is -1.90. The lowest BCUT2D eigenvalue weighted by Crippen LogP contribution is -1.91. The number of nitrogens with zero attached hydrogens (tertiary/aromatic N) is 3. The lowest BCUT2D eigenvalue weighted by atomic mass is 10.3. The van der Waals surface area contributed by atoms with Crippen molar-refractivity contribution < 1.29 is 0 Å². The van der Waals surface area contributed by atoms with Crippen molar-refractivity contribution in [3.8, 4) is 0 Å². The smallest absolute Gasteiger partial charge is 0.182 e. The first-order valence-electron chi connectivity index (χ1n) is 5.17. The number of hydrogen-bond acceptors (Lipinski definition) is 6. The fourth-order valence-electron chi connectivity index (χ4n) is 1.28. The molecule has 0 spiro atoms. The van der Waals surface area contributed by atoms with E-state index in [4.69, 9.17) is 17.2 Å². The number of benzene rings is 1. The topological polar surface area (TPSA) is 133 Å². The monoisotopic (exact) mass is 243 g/mol. The van der Waals surface area contributed by atoms with E-state index in [2.05, 4.69) is 19.9 Å². The SMILES string of the molecule is Nc1ccc(N)cc1.Nc1ncnc2nc[nH]c12. The molecule has 7 nitrogen and oxygen atoms in total. The summed E-state index contributed by atoms with van der Waals surface area (Å²) >= 11 is 0. The molecule has 3 aromatic rings. The Morgan fingerprint density at radius 2 is 1.44 bits per heavy atom. The second-order valence-corrected chi connectivity index (χ2v) is 3.53. The van der Waals surface area contributed by atoms with Crippen molar-refractivity contribution in [1.82, 2.24) is 19.9 Å². The number of aromatic nitrogens is 4. The Morgan fingerprint density at radius 1 is 0.833 bits per heavy atom. The van der Waals surface area contributed by atoms with Crippen molar-refractivity contribution in [2.24, 2.45) is 0 Å². The van der Waals surface area contributed by atoms with Crippen LogP contribution in [0.4, 0.5) is 17.2 Å². The molecule has 2 aromatic heterocycles. The van der Waals surface area contributed by atoms with Crippen LogP contribution in [0.5, 0.6) is 0 Å². The van der Waals surface area contributed by atoms with Gasteiger partial charge >= 0.3 is 0 Å². The number of anilines is 3. The van der Waals surface area contributed by atoms with Gasteiger partial charge in [0.2, 0.25) is 0 Å². The van der Waals surface area contributed by atoms with E-state index >= 15 is 0 Å². The van der Waals surface area contributed by atoms with Crippen LogP contribution in [-0.4, -0.2) is 19.9 Å². The molecule has 0 fully saturated rings. The normalized spacial score (nSPS) is 9.78. The predicted molar refractivity (Wildman–Crippen MR) is 71.4 cm³/mol. The van der Waals surface area contributed by atoms with Crippen molar-refractivity contribution in [2.45, 2.75) is 0 Å². The molecule has 7 heteroatoms. The molecule has 7 N–H and O–H groups in total. The quantitative estimate of drug-likeness (QED) is 0.431. The zero-order valence-corrected chi connectivity index (χ0v) is 9.54. The second kappa shape index (κ2) is 5.00. The van der Waals surface area contributed by atoms with Crippen LogP contribution in [0.3, 0.4) is 0 Å². The third kappa shape index (κ3) is 2.64. The molecule has 0 unspecified atom stereocenters. The van der Waals surface area contributed by atoms with Gasteiger partial charge in [-0.15, -0.1) is 0 Å². The van der Waals surface area contributed by atoms with E-state index in [0.29, 0.717) is 17.0 Å². The zero-order chi connectivity index (χ0) is 13.0. The van der Waals surface area contributed by atoms with Gasteiger partial charge in [0.15, 0.2) is 11.5 Å². The summed E-state index contributed by atoms with van der Waals surface area (Å²) in [6.07, 6.45) is 2.92. The number of nitrogens with one attached hydrogen (secondary N) is 1. The van der Waals surface area contributed by atoms with E-state index in [0.717, 1.165) is 11.4 Å². The van der Waals surface area contributed by atoms with Gasteiger partial charge in [-0.1, -0.05) is 0 Å². The number of nitrogens with two attached hydrogens (primary N) is 3. The number of imidazole rings is 1. The van der Waals surface area contributed by atoms with Gasteiger partial charge in [-0.3, -0.25) is 0 Å². The molecule has 18 heavy (non-hydrogen) atoms. The van der Waals surface area contributed by atoms with Gasteiger partial charge < -0.3 is 22.2 Å². The van der Waals surface area contributed by atoms with Gasteiger partial charge in [0.1, 0.15) is 11.8 Å². The number of aromatic amines is 1. The highest BCUT2D eigenvalue weighted by molar-refractivity contribution is 5.80. The van der Waals surface area contributed by atoms with Gasteiger partial charge in [0, 0.05) is 11.4 Å². The first-order valence-corrected chi connectivity index (χ1v) is 5.17. The number of nitrogen functional groups attached to an aromatic ring is 3. The standard InChI is InChI=1S/C6H8N2.C5H5N5/c7-5-1-2-6(8)4-3-5;6-4-3-5(9-1-7-3)10-2-8-4/h1-4H,7-8H2;1-2H,(H3,6,7,8,9,10). The van der Waals surface area contributed by atoms with Crippen LogP contribution in [0.2, 0.25) is 0 Å². The van der Waals surface area contributed by atoms with E-state index in [1.165, 1.54) is 12.7 Å². The fourth-order valence-corrected chi connectivity index (χ4v) is 1.28. The van der Waals surface area contributed by atoms with E-state index in [9.17, 15) is 0 Å². The Balaban J connectivity index is 0.000000138. The molecule has 0 bridgehead atoms. The summed E-state index contributed by atoms with van der Waals surface area (Å²) < 4.78 is 0. The summed E-state index contributed by atoms with van der Waals surface area (Å²) in [5.41, 5.74) is 19.0. The minimum atomic E-state index is 0.433. The molecule has 0 saturated heterocycles. The molecule has 3 rings (SSSR count). The molecular formula is C11H13N7. The minimum Gasteiger partial charge on any atom is -0.399 e. The molecular weight excluding hydrogens is 230 g/mol. The van der Waals surface area contributed by atoms with Crippen LogP contribution in [0.1, 0.15) is 0 Å². The Kier molecular flexibility index (Phi) is 3.24. The lowest BCUT2D eigenvalue weighted by molar-refractivity contribution is 1.21. The van der Waals surface area contributed by atoms with Gasteiger partial charge in [0.05, 0.1) is 6.33 Å². The Bertz CT molecular complexity index is 608. The number of hydrogen-bond donors (Lipinski definition) is 4. The largest absolute Gasteiger partial charge is 0.399 e. The maximum Gasteiger partial charge on any atom is 0.182 e. The number of fused-ring (bicyclic) bond motifs is 1. The molecule has 1 aromatic carbocycles. The summed E-state index contributed by atoms with van der Waals surface area (Å²) in [5.74, 6) is 0.433. The predicted octanol–water partition coefficient (Wildman–Crippen LogP) is 0.786. The van der Waals surface area contributed by atoms with Crippen LogP contribution in [-0.2, 0) is 0 Å². The van der Waals surface area contributed by atoms with Crippen LogP contribution < -0.4 is 17.2 Å². The Hall–Kier alpha value is -2.83. The average Bonchev–Trinajstić information content (AvgIpc) is 2.84. The van der Waals surface area contributed by atoms with E-state index in [1.54, 1.807) is 24.3 Å². The molecule has 0 aliphatic heterocycles. The fraction of sp³-hybridized carbons (Fsp3) is 0. The maximum absolute atomic E-state index is 5.48. The molecule has 0 amide bonds. The molecule has 92 valence electrons. The summed E-state index contributed by atoms with van der Waals surface area (Å²) in [5, 5.41) is 0. The van der Waals surface area contributed by atoms with Crippen LogP contribution in [0.25, 0.3) is 11.2 Å². The van der Waals surface area contributed by atoms with E-state index in [1.807, 2.05) is 0 Å². The third-order valence-corrected chi connectivity index (χ3v) is 2.19. The first kappa shape index (κ1) is 11.6. The van der Waals surface area contributed by atoms with Crippen molar-refractivity contribution in [3.05, 3.63) is 36.9 Å². The van der Waals surface area contributed by atoms with E-state index < -0.39 is 0 Å². The van der Waals surface area contributed by atoms with Gasteiger partial charge in [-0.25, -0.2) is 15.0 Å². The maximum atomic E-state index is 5.48. The number of rotatable bonds is 0. The van der Waals surface area contributed by atoms with Crippen molar-refractivity contribution in [3.63, 3.8) is 0 Å². The molecule has 0 aliphatic carbocycles. The van der Waals surface area contributed by atoms with Gasteiger partial charge in [-0.05, 0) is 24.3 Å². The van der Waals surface area contributed by atoms with Gasteiger partial charge in [0.25, 0.3) is 0 Å². The molecule has 0 atom stereocenters. The molecule has 2 heterocycles. The summed E-state index contributed by atoms with van der Waals surface area (Å²) in [4.78, 5) is 14.4. The molecule has 0 radical (unpaired) electrons. The highest BCUT2D eigenvalue weighted by Crippen LogP contribution is 2.09. The second-order valence-electron chi connectivity index (χ2n) is 3.53. The summed E-state index contributed by atoms with van der Waals surface area (Å²) in [7, 11) is 0. The highest BCUT2D eigenvalue weighted by Gasteiger charge is 1.99. The third-order valence-electron chi connectivity index (χ3n) is 2.19. The van der Waals surface area contributed by atoms with E-state index in [-0.39, 0.29) is 0 Å². The number of H-pyrrole nitrogens is 1. The van der Waals surface area contributed by atoms with Gasteiger partial charge in [-0.2, -0.15) is 0 Å². The summed E-state index contributed by atoms with van der Waals surface area (Å²) in [6.45, 7) is 0. The van der Waals surface area contributed by atoms with Crippen LogP contribution in [0, 0.1) is 0 Å². The first-order chi connectivity index (χ1) is 8.66. The van der Waals surface area contributed by atoms with Crippen LogP contribution in [0.15, 0.2) is 36.9 Å². The van der Waals surface area contributed by atoms with Crippen LogP contribution >= 0.6 is 0 Å². The van der Waals surface area contributed by atoms with Crippen molar-refractivity contribution in [2.75, 3.05) is 17.2 Å². The Morgan fingerprint density at radius 3 is 2.00 bits per heavy atom. The Labute approximate surface area is 103 Å². The van der Waals surface area contributed by atoms with Crippen molar-refractivity contribution >= 4 is 28.4 Å². The highest BCUT2D eigenvalue weighted by atomic mass is 15.0. The minimum absolute atomic E-state index is 0.433. The zero-order valence-electron chi connectivity index (χ0n) is 9.54. The summed E-state index contributed by atoms with van der Waals surface area (Å²) in [6, 6.07) is 7.09. The molecule has 0 saturated carbocycles.